The van der Waals surface area contributed by atoms with E-state index in [1.807, 2.05) is 0 Å². The highest BCUT2D eigenvalue weighted by molar-refractivity contribution is 6.02. The van der Waals surface area contributed by atoms with Crippen LogP contribution in [0.2, 0.25) is 0 Å². The Morgan fingerprint density at radius 2 is 2.11 bits per heavy atom. The highest BCUT2D eigenvalue weighted by Crippen LogP contribution is 2.21. The van der Waals surface area contributed by atoms with Crippen LogP contribution in [0.5, 0.6) is 5.75 Å². The number of hydrogen-bond donors (Lipinski definition) is 1. The molecule has 0 saturated carbocycles. The van der Waals surface area contributed by atoms with E-state index in [1.54, 1.807) is 49.1 Å². The van der Waals surface area contributed by atoms with Crippen molar-refractivity contribution >= 4 is 17.4 Å². The Morgan fingerprint density at radius 1 is 1.25 bits per heavy atom. The molecule has 10 heteroatoms. The van der Waals surface area contributed by atoms with Crippen molar-refractivity contribution in [2.24, 2.45) is 0 Å². The second-order valence-corrected chi connectivity index (χ2v) is 6.03. The van der Waals surface area contributed by atoms with E-state index >= 15 is 0 Å². The molecule has 0 bridgehead atoms. The van der Waals surface area contributed by atoms with Crippen molar-refractivity contribution in [1.82, 2.24) is 29.4 Å². The molecule has 142 valence electrons. The van der Waals surface area contributed by atoms with E-state index < -0.39 is 5.91 Å². The van der Waals surface area contributed by atoms with E-state index in [0.29, 0.717) is 28.6 Å². The predicted molar refractivity (Wildman–Crippen MR) is 97.5 cm³/mol. The second kappa shape index (κ2) is 7.06. The van der Waals surface area contributed by atoms with Crippen molar-refractivity contribution < 1.29 is 13.9 Å². The van der Waals surface area contributed by atoms with Gasteiger partial charge in [0.2, 0.25) is 5.82 Å². The number of rotatable bonds is 5. The summed E-state index contributed by atoms with van der Waals surface area (Å²) in [4.78, 5) is 20.7. The average molecular weight is 381 g/mol. The van der Waals surface area contributed by atoms with Gasteiger partial charge in [-0.05, 0) is 32.0 Å². The minimum atomic E-state index is -0.470. The number of nitrogens with one attached hydrogen (secondary N) is 1. The van der Waals surface area contributed by atoms with Gasteiger partial charge in [0.05, 0.1) is 17.1 Å². The first-order valence-electron chi connectivity index (χ1n) is 8.42. The topological polar surface area (TPSA) is 99.2 Å². The van der Waals surface area contributed by atoms with E-state index in [4.69, 9.17) is 4.74 Å². The molecule has 0 aliphatic heterocycles. The number of anilines is 1. The molecule has 28 heavy (non-hydrogen) atoms. The normalized spacial score (nSPS) is 11.0. The standard InChI is InChI=1S/C18H16FN7O2/c1-11-15(21-17(27)16-22-18-20-7-4-8-25(18)24-16)12(2)26(23-11)10-28-14-6-3-5-13(19)9-14/h3-9H,10H2,1-2H3,(H,21,27). The van der Waals surface area contributed by atoms with Gasteiger partial charge in [0.1, 0.15) is 11.6 Å². The lowest BCUT2D eigenvalue weighted by molar-refractivity contribution is 0.101. The Labute approximate surface area is 158 Å². The lowest BCUT2D eigenvalue weighted by Crippen LogP contribution is -2.15. The maximum atomic E-state index is 13.3. The Balaban J connectivity index is 1.51. The van der Waals surface area contributed by atoms with Gasteiger partial charge in [0.15, 0.2) is 6.73 Å². The molecule has 1 amide bonds. The number of carbonyl (C=O) groups is 1. The minimum Gasteiger partial charge on any atom is -0.471 e. The number of amides is 1. The molecule has 4 aromatic rings. The fraction of sp³-hybridized carbons (Fsp3) is 0.167. The molecule has 0 fully saturated rings. The molecule has 0 atom stereocenters. The minimum absolute atomic E-state index is 0.00117. The number of hydrogen-bond acceptors (Lipinski definition) is 6. The molecule has 0 aliphatic rings. The van der Waals surface area contributed by atoms with Crippen LogP contribution in [0.4, 0.5) is 10.1 Å². The van der Waals surface area contributed by atoms with Gasteiger partial charge in [0.25, 0.3) is 11.7 Å². The van der Waals surface area contributed by atoms with Crippen molar-refractivity contribution in [3.05, 3.63) is 65.8 Å². The molecule has 3 aromatic heterocycles. The number of aryl methyl sites for hydroxylation is 1. The first-order valence-corrected chi connectivity index (χ1v) is 8.42. The van der Waals surface area contributed by atoms with E-state index in [2.05, 4.69) is 25.5 Å². The summed E-state index contributed by atoms with van der Waals surface area (Å²) in [5, 5.41) is 11.2. The third kappa shape index (κ3) is 3.39. The maximum absolute atomic E-state index is 13.3. The van der Waals surface area contributed by atoms with Gasteiger partial charge in [-0.2, -0.15) is 10.1 Å². The summed E-state index contributed by atoms with van der Waals surface area (Å²) in [6.45, 7) is 3.63. The van der Waals surface area contributed by atoms with Gasteiger partial charge >= 0.3 is 0 Å². The summed E-state index contributed by atoms with van der Waals surface area (Å²) >= 11 is 0. The molecule has 0 unspecified atom stereocenters. The Bertz CT molecular complexity index is 1130. The average Bonchev–Trinajstić information content (AvgIpc) is 3.23. The van der Waals surface area contributed by atoms with Crippen LogP contribution >= 0.6 is 0 Å². The van der Waals surface area contributed by atoms with Crippen LogP contribution in [0.3, 0.4) is 0 Å². The SMILES string of the molecule is Cc1nn(COc2cccc(F)c2)c(C)c1NC(=O)c1nc2ncccn2n1. The van der Waals surface area contributed by atoms with Gasteiger partial charge < -0.3 is 10.1 Å². The largest absolute Gasteiger partial charge is 0.471 e. The summed E-state index contributed by atoms with van der Waals surface area (Å²) in [5.74, 6) is -0.128. The molecule has 3 heterocycles. The van der Waals surface area contributed by atoms with Gasteiger partial charge in [-0.15, -0.1) is 5.10 Å². The Hall–Kier alpha value is -3.82. The van der Waals surface area contributed by atoms with Crippen LogP contribution in [0.25, 0.3) is 5.78 Å². The number of halogens is 1. The fourth-order valence-corrected chi connectivity index (χ4v) is 2.69. The van der Waals surface area contributed by atoms with E-state index in [-0.39, 0.29) is 18.4 Å². The lowest BCUT2D eigenvalue weighted by Gasteiger charge is -2.08. The molecule has 0 radical (unpaired) electrons. The number of ether oxygens (including phenoxy) is 1. The number of carbonyl (C=O) groups excluding carboxylic acids is 1. The highest BCUT2D eigenvalue weighted by atomic mass is 19.1. The van der Waals surface area contributed by atoms with Gasteiger partial charge in [-0.3, -0.25) is 4.79 Å². The molecule has 0 spiro atoms. The van der Waals surface area contributed by atoms with Crippen molar-refractivity contribution in [2.45, 2.75) is 20.6 Å². The zero-order valence-corrected chi connectivity index (χ0v) is 15.1. The van der Waals surface area contributed by atoms with Crippen molar-refractivity contribution in [3.8, 4) is 5.75 Å². The summed E-state index contributed by atoms with van der Waals surface area (Å²) in [7, 11) is 0. The monoisotopic (exact) mass is 381 g/mol. The third-order valence-electron chi connectivity index (χ3n) is 4.09. The lowest BCUT2D eigenvalue weighted by atomic mass is 10.3. The van der Waals surface area contributed by atoms with Crippen LogP contribution in [0.1, 0.15) is 22.0 Å². The van der Waals surface area contributed by atoms with Gasteiger partial charge in [-0.25, -0.2) is 18.6 Å². The molecule has 1 N–H and O–H groups in total. The van der Waals surface area contributed by atoms with E-state index in [9.17, 15) is 9.18 Å². The van der Waals surface area contributed by atoms with Crippen molar-refractivity contribution in [3.63, 3.8) is 0 Å². The number of benzene rings is 1. The number of aromatic nitrogens is 6. The summed E-state index contributed by atoms with van der Waals surface area (Å²) in [6.07, 6.45) is 3.23. The van der Waals surface area contributed by atoms with Crippen LogP contribution in [0.15, 0.2) is 42.7 Å². The van der Waals surface area contributed by atoms with E-state index in [1.165, 1.54) is 16.6 Å². The fourth-order valence-electron chi connectivity index (χ4n) is 2.69. The second-order valence-electron chi connectivity index (χ2n) is 6.03. The molecular formula is C18H16FN7O2. The molecule has 0 saturated heterocycles. The van der Waals surface area contributed by atoms with E-state index in [0.717, 1.165) is 0 Å². The maximum Gasteiger partial charge on any atom is 0.295 e. The van der Waals surface area contributed by atoms with Crippen LogP contribution in [-0.2, 0) is 6.73 Å². The first kappa shape index (κ1) is 17.6. The zero-order valence-electron chi connectivity index (χ0n) is 15.1. The quantitative estimate of drug-likeness (QED) is 0.570. The summed E-state index contributed by atoms with van der Waals surface area (Å²) in [5.41, 5.74) is 1.83. The summed E-state index contributed by atoms with van der Waals surface area (Å²) < 4.78 is 21.8. The van der Waals surface area contributed by atoms with Gasteiger partial charge in [-0.1, -0.05) is 6.07 Å². The van der Waals surface area contributed by atoms with Crippen molar-refractivity contribution in [1.29, 1.82) is 0 Å². The highest BCUT2D eigenvalue weighted by Gasteiger charge is 2.19. The first-order chi connectivity index (χ1) is 13.5. The molecular weight excluding hydrogens is 365 g/mol. The Kier molecular flexibility index (Phi) is 4.44. The molecule has 1 aromatic carbocycles. The van der Waals surface area contributed by atoms with Crippen LogP contribution < -0.4 is 10.1 Å². The van der Waals surface area contributed by atoms with Crippen LogP contribution in [0, 0.1) is 19.7 Å². The number of fused-ring (bicyclic) bond motifs is 1. The molecule has 0 aliphatic carbocycles. The predicted octanol–water partition coefficient (Wildman–Crippen LogP) is 2.37. The Morgan fingerprint density at radius 3 is 2.89 bits per heavy atom. The number of nitrogens with zero attached hydrogens (tertiary/aromatic N) is 6. The zero-order chi connectivity index (χ0) is 19.7. The third-order valence-corrected chi connectivity index (χ3v) is 4.09. The summed E-state index contributed by atoms with van der Waals surface area (Å²) in [6, 6.07) is 7.54. The van der Waals surface area contributed by atoms with Gasteiger partial charge in [0, 0.05) is 18.5 Å². The molecule has 4 rings (SSSR count). The smallest absolute Gasteiger partial charge is 0.295 e. The van der Waals surface area contributed by atoms with Crippen LogP contribution in [-0.4, -0.2) is 35.3 Å². The molecule has 9 nitrogen and oxygen atoms in total. The van der Waals surface area contributed by atoms with Crippen molar-refractivity contribution in [2.75, 3.05) is 5.32 Å².